The molecule has 3 aromatic carbocycles. The minimum absolute atomic E-state index is 0.394. The van der Waals surface area contributed by atoms with Crippen LogP contribution in [0.1, 0.15) is 12.5 Å². The average Bonchev–Trinajstić information content (AvgIpc) is 2.69. The second kappa shape index (κ2) is 8.72. The molecule has 0 aliphatic carbocycles. The molecule has 0 aliphatic rings. The number of benzene rings is 3. The molecule has 0 aromatic heterocycles. The maximum absolute atomic E-state index is 12.0. The summed E-state index contributed by atoms with van der Waals surface area (Å²) < 4.78 is 10.8. The predicted molar refractivity (Wildman–Crippen MR) is 102 cm³/mol. The van der Waals surface area contributed by atoms with Gasteiger partial charge in [-0.1, -0.05) is 66.7 Å². The van der Waals surface area contributed by atoms with E-state index in [0.29, 0.717) is 24.7 Å². The van der Waals surface area contributed by atoms with Crippen LogP contribution in [0.2, 0.25) is 0 Å². The van der Waals surface area contributed by atoms with Crippen molar-refractivity contribution < 1.29 is 14.3 Å². The summed E-state index contributed by atoms with van der Waals surface area (Å²) in [5, 5.41) is 2.76. The Balaban J connectivity index is 1.56. The second-order valence-corrected chi connectivity index (χ2v) is 5.69. The molecule has 132 valence electrons. The number of carbonyl (C=O) groups is 1. The molecule has 1 N–H and O–H groups in total. The van der Waals surface area contributed by atoms with E-state index in [1.54, 1.807) is 18.2 Å². The molecular formula is C22H21NO3. The molecule has 0 saturated heterocycles. The summed E-state index contributed by atoms with van der Waals surface area (Å²) in [5.74, 6) is 0.962. The molecule has 0 fully saturated rings. The van der Waals surface area contributed by atoms with Gasteiger partial charge in [0.05, 0.1) is 6.61 Å². The fourth-order valence-electron chi connectivity index (χ4n) is 2.57. The van der Waals surface area contributed by atoms with E-state index in [1.807, 2.05) is 55.5 Å². The van der Waals surface area contributed by atoms with Crippen LogP contribution in [0.4, 0.5) is 4.79 Å². The van der Waals surface area contributed by atoms with E-state index in [2.05, 4.69) is 17.4 Å². The first-order chi connectivity index (χ1) is 12.8. The first-order valence-electron chi connectivity index (χ1n) is 8.58. The van der Waals surface area contributed by atoms with E-state index in [0.717, 1.165) is 11.1 Å². The number of hydrogen-bond acceptors (Lipinski definition) is 3. The molecule has 0 aliphatic heterocycles. The minimum Gasteiger partial charge on any atom is -0.490 e. The van der Waals surface area contributed by atoms with Gasteiger partial charge in [0.25, 0.3) is 0 Å². The molecule has 0 spiro atoms. The van der Waals surface area contributed by atoms with Crippen LogP contribution in [0, 0.1) is 0 Å². The Hall–Kier alpha value is -3.27. The third kappa shape index (κ3) is 4.63. The van der Waals surface area contributed by atoms with Crippen molar-refractivity contribution in [3.63, 3.8) is 0 Å². The zero-order chi connectivity index (χ0) is 18.2. The summed E-state index contributed by atoms with van der Waals surface area (Å²) >= 11 is 0. The van der Waals surface area contributed by atoms with Crippen LogP contribution >= 0.6 is 0 Å². The van der Waals surface area contributed by atoms with Crippen LogP contribution in [0.3, 0.4) is 0 Å². The van der Waals surface area contributed by atoms with Crippen molar-refractivity contribution in [1.82, 2.24) is 5.32 Å². The lowest BCUT2D eigenvalue weighted by molar-refractivity contribution is 0.197. The topological polar surface area (TPSA) is 47.6 Å². The Labute approximate surface area is 153 Å². The van der Waals surface area contributed by atoms with Crippen LogP contribution in [-0.4, -0.2) is 12.7 Å². The van der Waals surface area contributed by atoms with Crippen molar-refractivity contribution in [1.29, 1.82) is 0 Å². The number of carbonyl (C=O) groups excluding carboxylic acids is 1. The molecule has 3 rings (SSSR count). The van der Waals surface area contributed by atoms with Gasteiger partial charge in [-0.2, -0.15) is 0 Å². The van der Waals surface area contributed by atoms with Gasteiger partial charge in [-0.3, -0.25) is 0 Å². The molecule has 4 heteroatoms. The molecule has 4 nitrogen and oxygen atoms in total. The molecule has 0 atom stereocenters. The Bertz CT molecular complexity index is 845. The molecule has 0 bridgehead atoms. The maximum Gasteiger partial charge on any atom is 0.413 e. The SMILES string of the molecule is CCOc1ccccc1OC(=O)NCc1ccc(-c2ccccc2)cc1. The van der Waals surface area contributed by atoms with E-state index < -0.39 is 6.09 Å². The van der Waals surface area contributed by atoms with Crippen molar-refractivity contribution in [2.75, 3.05) is 6.61 Å². The van der Waals surface area contributed by atoms with Gasteiger partial charge in [-0.05, 0) is 35.7 Å². The summed E-state index contributed by atoms with van der Waals surface area (Å²) in [4.78, 5) is 12.0. The van der Waals surface area contributed by atoms with Gasteiger partial charge in [0.15, 0.2) is 11.5 Å². The lowest BCUT2D eigenvalue weighted by atomic mass is 10.0. The largest absolute Gasteiger partial charge is 0.490 e. The minimum atomic E-state index is -0.510. The van der Waals surface area contributed by atoms with Crippen LogP contribution in [-0.2, 0) is 6.54 Å². The van der Waals surface area contributed by atoms with Gasteiger partial charge in [0.1, 0.15) is 0 Å². The van der Waals surface area contributed by atoms with E-state index in [4.69, 9.17) is 9.47 Å². The van der Waals surface area contributed by atoms with Crippen LogP contribution in [0.5, 0.6) is 11.5 Å². The second-order valence-electron chi connectivity index (χ2n) is 5.69. The number of para-hydroxylation sites is 2. The van der Waals surface area contributed by atoms with Crippen LogP contribution in [0.15, 0.2) is 78.9 Å². The number of hydrogen-bond donors (Lipinski definition) is 1. The van der Waals surface area contributed by atoms with Crippen LogP contribution in [0.25, 0.3) is 11.1 Å². The van der Waals surface area contributed by atoms with E-state index >= 15 is 0 Å². The zero-order valence-corrected chi connectivity index (χ0v) is 14.6. The quantitative estimate of drug-likeness (QED) is 0.679. The molecule has 0 heterocycles. The normalized spacial score (nSPS) is 10.2. The Kier molecular flexibility index (Phi) is 5.88. The monoisotopic (exact) mass is 347 g/mol. The standard InChI is InChI=1S/C22H21NO3/c1-2-25-20-10-6-7-11-21(20)26-22(24)23-16-17-12-14-19(15-13-17)18-8-4-3-5-9-18/h3-15H,2,16H2,1H3,(H,23,24). The fourth-order valence-corrected chi connectivity index (χ4v) is 2.57. The van der Waals surface area contributed by atoms with Crippen molar-refractivity contribution in [3.8, 4) is 22.6 Å². The van der Waals surface area contributed by atoms with Gasteiger partial charge in [0.2, 0.25) is 0 Å². The lowest BCUT2D eigenvalue weighted by Gasteiger charge is -2.11. The molecule has 3 aromatic rings. The van der Waals surface area contributed by atoms with E-state index in [-0.39, 0.29) is 0 Å². The number of nitrogens with one attached hydrogen (secondary N) is 1. The molecule has 0 unspecified atom stereocenters. The van der Waals surface area contributed by atoms with Gasteiger partial charge in [0, 0.05) is 6.54 Å². The van der Waals surface area contributed by atoms with Gasteiger partial charge >= 0.3 is 6.09 Å². The highest BCUT2D eigenvalue weighted by atomic mass is 16.6. The molecular weight excluding hydrogens is 326 g/mol. The summed E-state index contributed by atoms with van der Waals surface area (Å²) in [5.41, 5.74) is 3.31. The van der Waals surface area contributed by atoms with Crippen molar-refractivity contribution in [2.45, 2.75) is 13.5 Å². The molecule has 26 heavy (non-hydrogen) atoms. The first kappa shape index (κ1) is 17.5. The van der Waals surface area contributed by atoms with Gasteiger partial charge < -0.3 is 14.8 Å². The Morgan fingerprint density at radius 3 is 2.12 bits per heavy atom. The predicted octanol–water partition coefficient (Wildman–Crippen LogP) is 5.04. The number of ether oxygens (including phenoxy) is 2. The lowest BCUT2D eigenvalue weighted by Crippen LogP contribution is -2.26. The average molecular weight is 347 g/mol. The maximum atomic E-state index is 12.0. The Morgan fingerprint density at radius 2 is 1.42 bits per heavy atom. The van der Waals surface area contributed by atoms with Crippen LogP contribution < -0.4 is 14.8 Å². The van der Waals surface area contributed by atoms with E-state index in [1.165, 1.54) is 5.56 Å². The summed E-state index contributed by atoms with van der Waals surface area (Å²) in [7, 11) is 0. The highest BCUT2D eigenvalue weighted by Gasteiger charge is 2.09. The first-order valence-corrected chi connectivity index (χ1v) is 8.58. The molecule has 0 saturated carbocycles. The molecule has 0 radical (unpaired) electrons. The van der Waals surface area contributed by atoms with Crippen molar-refractivity contribution in [2.24, 2.45) is 0 Å². The summed E-state index contributed by atoms with van der Waals surface area (Å²) in [6.45, 7) is 2.79. The summed E-state index contributed by atoms with van der Waals surface area (Å²) in [6.07, 6.45) is -0.510. The highest BCUT2D eigenvalue weighted by molar-refractivity contribution is 5.71. The smallest absolute Gasteiger partial charge is 0.413 e. The fraction of sp³-hybridized carbons (Fsp3) is 0.136. The third-order valence-electron chi connectivity index (χ3n) is 3.85. The van der Waals surface area contributed by atoms with E-state index in [9.17, 15) is 4.79 Å². The zero-order valence-electron chi connectivity index (χ0n) is 14.6. The van der Waals surface area contributed by atoms with Gasteiger partial charge in [-0.25, -0.2) is 4.79 Å². The highest BCUT2D eigenvalue weighted by Crippen LogP contribution is 2.26. The number of amides is 1. The molecule has 1 amide bonds. The Morgan fingerprint density at radius 1 is 0.808 bits per heavy atom. The van der Waals surface area contributed by atoms with Crippen molar-refractivity contribution >= 4 is 6.09 Å². The van der Waals surface area contributed by atoms with Crippen molar-refractivity contribution in [3.05, 3.63) is 84.4 Å². The third-order valence-corrected chi connectivity index (χ3v) is 3.85. The summed E-state index contributed by atoms with van der Waals surface area (Å²) in [6, 6.07) is 25.4. The van der Waals surface area contributed by atoms with Gasteiger partial charge in [-0.15, -0.1) is 0 Å². The number of rotatable bonds is 6.